The zero-order valence-electron chi connectivity index (χ0n) is 11.5. The first-order chi connectivity index (χ1) is 8.65. The van der Waals surface area contributed by atoms with Crippen LogP contribution in [0.25, 0.3) is 0 Å². The number of aliphatic hydroxyl groups is 1. The molecule has 2 rings (SSSR count). The van der Waals surface area contributed by atoms with Crippen LogP contribution in [0, 0.1) is 5.92 Å². The van der Waals surface area contributed by atoms with Crippen LogP contribution in [0.2, 0.25) is 0 Å². The molecule has 0 bridgehead atoms. The third-order valence-electron chi connectivity index (χ3n) is 3.68. The average molecular weight is 247 g/mol. The number of rotatable bonds is 5. The van der Waals surface area contributed by atoms with Crippen molar-refractivity contribution < 1.29 is 5.11 Å². The van der Waals surface area contributed by atoms with Crippen molar-refractivity contribution in [2.24, 2.45) is 5.92 Å². The van der Waals surface area contributed by atoms with Gasteiger partial charge in [0.25, 0.3) is 0 Å². The van der Waals surface area contributed by atoms with Crippen molar-refractivity contribution in [3.63, 3.8) is 0 Å². The maximum atomic E-state index is 10.2. The Bertz CT molecular complexity index is 352. The van der Waals surface area contributed by atoms with Gasteiger partial charge in [-0.2, -0.15) is 0 Å². The first-order valence-corrected chi connectivity index (χ1v) is 7.15. The number of hydrogen-bond donors (Lipinski definition) is 2. The maximum Gasteiger partial charge on any atom is 0.0804 e. The number of nitrogens with one attached hydrogen (secondary N) is 1. The summed E-state index contributed by atoms with van der Waals surface area (Å²) in [5.74, 6) is 0.684. The molecule has 2 nitrogen and oxygen atoms in total. The van der Waals surface area contributed by atoms with Gasteiger partial charge in [-0.3, -0.25) is 0 Å². The van der Waals surface area contributed by atoms with Gasteiger partial charge in [-0.15, -0.1) is 0 Å². The minimum atomic E-state index is -0.325. The van der Waals surface area contributed by atoms with E-state index in [0.717, 1.165) is 24.9 Å². The maximum absolute atomic E-state index is 10.2. The quantitative estimate of drug-likeness (QED) is 0.838. The highest BCUT2D eigenvalue weighted by Gasteiger charge is 2.18. The van der Waals surface area contributed by atoms with E-state index in [1.807, 2.05) is 0 Å². The van der Waals surface area contributed by atoms with Crippen molar-refractivity contribution >= 4 is 0 Å². The zero-order valence-corrected chi connectivity index (χ0v) is 11.5. The number of benzene rings is 1. The fraction of sp³-hybridized carbons (Fsp3) is 0.625. The molecule has 2 heteroatoms. The number of aliphatic hydroxyl groups excluding tert-OH is 1. The van der Waals surface area contributed by atoms with Crippen LogP contribution < -0.4 is 5.32 Å². The Kier molecular flexibility index (Phi) is 4.79. The van der Waals surface area contributed by atoms with E-state index in [1.165, 1.54) is 18.4 Å². The van der Waals surface area contributed by atoms with E-state index < -0.39 is 0 Å². The van der Waals surface area contributed by atoms with Crippen LogP contribution in [0.4, 0.5) is 0 Å². The van der Waals surface area contributed by atoms with Gasteiger partial charge in [0.15, 0.2) is 0 Å². The normalized spacial score (nSPS) is 21.4. The Labute approximate surface area is 110 Å². The van der Waals surface area contributed by atoms with Gasteiger partial charge in [0, 0.05) is 6.04 Å². The molecule has 0 saturated carbocycles. The minimum Gasteiger partial charge on any atom is -0.388 e. The van der Waals surface area contributed by atoms with Crippen molar-refractivity contribution in [2.75, 3.05) is 6.54 Å². The molecule has 2 unspecified atom stereocenters. The van der Waals surface area contributed by atoms with Gasteiger partial charge in [-0.1, -0.05) is 38.1 Å². The second-order valence-corrected chi connectivity index (χ2v) is 5.88. The molecule has 0 aliphatic carbocycles. The molecule has 0 radical (unpaired) electrons. The third kappa shape index (κ3) is 3.82. The summed E-state index contributed by atoms with van der Waals surface area (Å²) in [6.45, 7) is 5.56. The molecule has 1 heterocycles. The second kappa shape index (κ2) is 6.35. The van der Waals surface area contributed by atoms with Crippen molar-refractivity contribution in [2.45, 2.75) is 51.7 Å². The first kappa shape index (κ1) is 13.6. The summed E-state index contributed by atoms with van der Waals surface area (Å²) in [7, 11) is 0. The molecular weight excluding hydrogens is 222 g/mol. The Morgan fingerprint density at radius 1 is 1.28 bits per heavy atom. The monoisotopic (exact) mass is 247 g/mol. The standard InChI is InChI=1S/C16H25NO/c1-12(2)10-13-5-7-14(8-6-13)16(18)11-15-4-3-9-17-15/h5-8,12,15-18H,3-4,9-11H2,1-2H3. The van der Waals surface area contributed by atoms with Crippen molar-refractivity contribution in [1.82, 2.24) is 5.32 Å². The van der Waals surface area contributed by atoms with E-state index in [4.69, 9.17) is 0 Å². The Balaban J connectivity index is 1.91. The summed E-state index contributed by atoms with van der Waals surface area (Å²) >= 11 is 0. The lowest BCUT2D eigenvalue weighted by atomic mass is 9.97. The molecule has 2 atom stereocenters. The van der Waals surface area contributed by atoms with E-state index in [2.05, 4.69) is 43.4 Å². The van der Waals surface area contributed by atoms with Crippen molar-refractivity contribution in [1.29, 1.82) is 0 Å². The molecule has 100 valence electrons. The average Bonchev–Trinajstić information content (AvgIpc) is 2.82. The lowest BCUT2D eigenvalue weighted by molar-refractivity contribution is 0.154. The zero-order chi connectivity index (χ0) is 13.0. The molecule has 0 aromatic heterocycles. The summed E-state index contributed by atoms with van der Waals surface area (Å²) in [4.78, 5) is 0. The van der Waals surface area contributed by atoms with E-state index in [0.29, 0.717) is 12.0 Å². The highest BCUT2D eigenvalue weighted by molar-refractivity contribution is 5.24. The fourth-order valence-electron chi connectivity index (χ4n) is 2.71. The lowest BCUT2D eigenvalue weighted by Gasteiger charge is -2.16. The molecule has 1 aromatic carbocycles. The van der Waals surface area contributed by atoms with Crippen LogP contribution >= 0.6 is 0 Å². The molecule has 2 N–H and O–H groups in total. The molecule has 1 aliphatic rings. The van der Waals surface area contributed by atoms with E-state index in [1.54, 1.807) is 0 Å². The van der Waals surface area contributed by atoms with Crippen molar-refractivity contribution in [3.05, 3.63) is 35.4 Å². The molecule has 1 saturated heterocycles. The second-order valence-electron chi connectivity index (χ2n) is 5.88. The largest absolute Gasteiger partial charge is 0.388 e. The lowest BCUT2D eigenvalue weighted by Crippen LogP contribution is -2.23. The van der Waals surface area contributed by atoms with Crippen LogP contribution in [0.15, 0.2) is 24.3 Å². The van der Waals surface area contributed by atoms with Gasteiger partial charge in [0.1, 0.15) is 0 Å². The Hall–Kier alpha value is -0.860. The predicted molar refractivity (Wildman–Crippen MR) is 75.6 cm³/mol. The third-order valence-corrected chi connectivity index (χ3v) is 3.68. The van der Waals surface area contributed by atoms with E-state index in [-0.39, 0.29) is 6.10 Å². The van der Waals surface area contributed by atoms with Gasteiger partial charge in [0.05, 0.1) is 6.10 Å². The molecule has 1 fully saturated rings. The van der Waals surface area contributed by atoms with Gasteiger partial charge in [-0.05, 0) is 49.3 Å². The van der Waals surface area contributed by atoms with Gasteiger partial charge in [-0.25, -0.2) is 0 Å². The van der Waals surface area contributed by atoms with Gasteiger partial charge in [0.2, 0.25) is 0 Å². The van der Waals surface area contributed by atoms with Crippen LogP contribution in [0.5, 0.6) is 0 Å². The summed E-state index contributed by atoms with van der Waals surface area (Å²) in [6, 6.07) is 8.96. The first-order valence-electron chi connectivity index (χ1n) is 7.15. The molecule has 0 amide bonds. The van der Waals surface area contributed by atoms with Crippen LogP contribution in [-0.2, 0) is 6.42 Å². The molecule has 18 heavy (non-hydrogen) atoms. The number of hydrogen-bond acceptors (Lipinski definition) is 2. The highest BCUT2D eigenvalue weighted by Crippen LogP contribution is 2.22. The molecule has 1 aromatic rings. The smallest absolute Gasteiger partial charge is 0.0804 e. The van der Waals surface area contributed by atoms with Gasteiger partial charge >= 0.3 is 0 Å². The SMILES string of the molecule is CC(C)Cc1ccc(C(O)CC2CCCN2)cc1. The topological polar surface area (TPSA) is 32.3 Å². The summed E-state index contributed by atoms with van der Waals surface area (Å²) in [5, 5.41) is 13.6. The summed E-state index contributed by atoms with van der Waals surface area (Å²) < 4.78 is 0. The predicted octanol–water partition coefficient (Wildman–Crippen LogP) is 3.06. The van der Waals surface area contributed by atoms with Crippen LogP contribution in [0.1, 0.15) is 50.3 Å². The van der Waals surface area contributed by atoms with E-state index >= 15 is 0 Å². The van der Waals surface area contributed by atoms with Crippen molar-refractivity contribution in [3.8, 4) is 0 Å². The Morgan fingerprint density at radius 2 is 2.00 bits per heavy atom. The Morgan fingerprint density at radius 3 is 2.56 bits per heavy atom. The van der Waals surface area contributed by atoms with E-state index in [9.17, 15) is 5.11 Å². The molecule has 0 spiro atoms. The summed E-state index contributed by atoms with van der Waals surface area (Å²) in [6.07, 6.45) is 4.06. The summed E-state index contributed by atoms with van der Waals surface area (Å²) in [5.41, 5.74) is 2.41. The minimum absolute atomic E-state index is 0.325. The molecular formula is C16H25NO. The van der Waals surface area contributed by atoms with Crippen LogP contribution in [-0.4, -0.2) is 17.7 Å². The highest BCUT2D eigenvalue weighted by atomic mass is 16.3. The van der Waals surface area contributed by atoms with Gasteiger partial charge < -0.3 is 10.4 Å². The van der Waals surface area contributed by atoms with Crippen LogP contribution in [0.3, 0.4) is 0 Å². The fourth-order valence-corrected chi connectivity index (χ4v) is 2.71. The molecule has 1 aliphatic heterocycles.